The summed E-state index contributed by atoms with van der Waals surface area (Å²) in [7, 11) is 0. The number of anilines is 3. The first-order valence-corrected chi connectivity index (χ1v) is 18.9. The Morgan fingerprint density at radius 3 is 1.69 bits per heavy atom. The van der Waals surface area contributed by atoms with E-state index in [0.717, 1.165) is 38.6 Å². The van der Waals surface area contributed by atoms with Gasteiger partial charge < -0.3 is 40.1 Å². The Hall–Kier alpha value is -7.58. The van der Waals surface area contributed by atoms with E-state index in [4.69, 9.17) is 0 Å². The zero-order chi connectivity index (χ0) is 40.8. The molecule has 7 aromatic carbocycles. The lowest BCUT2D eigenvalue weighted by atomic mass is 9.95. The van der Waals surface area contributed by atoms with Gasteiger partial charge in [-0.1, -0.05) is 115 Å². The summed E-state index contributed by atoms with van der Waals surface area (Å²) in [5.74, 6) is -2.92. The summed E-state index contributed by atoms with van der Waals surface area (Å²) in [5, 5.41) is 72.6. The minimum atomic E-state index is -0.585. The van der Waals surface area contributed by atoms with Gasteiger partial charge in [0.25, 0.3) is 0 Å². The summed E-state index contributed by atoms with van der Waals surface area (Å²) < 4.78 is 2.25. The first kappa shape index (κ1) is 37.3. The van der Waals surface area contributed by atoms with Gasteiger partial charge in [-0.3, -0.25) is 0 Å². The molecule has 0 atom stereocenters. The summed E-state index contributed by atoms with van der Waals surface area (Å²) in [6.45, 7) is 6.72. The van der Waals surface area contributed by atoms with E-state index in [2.05, 4.69) is 34.9 Å². The Labute approximate surface area is 336 Å². The number of hydrogen-bond acceptors (Lipinski definition) is 7. The van der Waals surface area contributed by atoms with E-state index in [-0.39, 0.29) is 45.1 Å². The molecule has 6 N–H and O–H groups in total. The van der Waals surface area contributed by atoms with Gasteiger partial charge in [0.05, 0.1) is 39.2 Å². The van der Waals surface area contributed by atoms with Crippen LogP contribution in [0, 0.1) is 13.8 Å². The second-order valence-electron chi connectivity index (χ2n) is 14.3. The Bertz CT molecular complexity index is 2830. The van der Waals surface area contributed by atoms with E-state index in [1.807, 2.05) is 61.5 Å². The lowest BCUT2D eigenvalue weighted by molar-refractivity contribution is 0.393. The number of phenolic OH excluding ortho intramolecular Hbond substituents is 6. The third kappa shape index (κ3) is 5.94. The maximum absolute atomic E-state index is 11.9. The molecule has 8 heteroatoms. The minimum absolute atomic E-state index is 0.0306. The fourth-order valence-corrected chi connectivity index (χ4v) is 8.02. The Balaban J connectivity index is 1.35. The van der Waals surface area contributed by atoms with Gasteiger partial charge in [0, 0.05) is 33.2 Å². The molecule has 0 unspecified atom stereocenters. The molecule has 0 spiro atoms. The number of fused-ring (bicyclic) bond motifs is 3. The van der Waals surface area contributed by atoms with Crippen LogP contribution in [0.2, 0.25) is 0 Å². The predicted octanol–water partition coefficient (Wildman–Crippen LogP) is 12.4. The number of para-hydroxylation sites is 3. The van der Waals surface area contributed by atoms with Crippen molar-refractivity contribution < 1.29 is 30.6 Å². The van der Waals surface area contributed by atoms with Gasteiger partial charge in [-0.15, -0.1) is 0 Å². The van der Waals surface area contributed by atoms with Crippen LogP contribution in [0.3, 0.4) is 0 Å². The molecule has 8 nitrogen and oxygen atoms in total. The van der Waals surface area contributed by atoms with Gasteiger partial charge >= 0.3 is 0 Å². The highest BCUT2D eigenvalue weighted by Crippen LogP contribution is 2.59. The SMILES string of the molecule is C/C=C\C=C(/C)c1c(O)c(C)c(N(c2ccc(-c3ccccc3-n3c4ccccc4c4ccccc43)cc2)c2c(C)c(O)c(-c3ccccc3)c(O)c2O)c(O)c1O. The average molecular weight is 767 g/mol. The Morgan fingerprint density at radius 2 is 1.07 bits per heavy atom. The smallest absolute Gasteiger partial charge is 0.183 e. The number of allylic oxidation sites excluding steroid dienone is 4. The molecule has 8 aromatic rings. The van der Waals surface area contributed by atoms with Crippen LogP contribution in [0.15, 0.2) is 146 Å². The van der Waals surface area contributed by atoms with Crippen LogP contribution < -0.4 is 4.90 Å². The molecule has 288 valence electrons. The summed E-state index contributed by atoms with van der Waals surface area (Å²) in [4.78, 5) is 1.43. The van der Waals surface area contributed by atoms with E-state index in [0.29, 0.717) is 16.8 Å². The Kier molecular flexibility index (Phi) is 9.54. The van der Waals surface area contributed by atoms with Crippen molar-refractivity contribution in [3.63, 3.8) is 0 Å². The van der Waals surface area contributed by atoms with Gasteiger partial charge in [-0.05, 0) is 74.7 Å². The van der Waals surface area contributed by atoms with Crippen LogP contribution >= 0.6 is 0 Å². The van der Waals surface area contributed by atoms with Crippen molar-refractivity contribution in [1.82, 2.24) is 4.57 Å². The van der Waals surface area contributed by atoms with E-state index in [9.17, 15) is 30.6 Å². The van der Waals surface area contributed by atoms with E-state index in [1.54, 1.807) is 81.5 Å². The van der Waals surface area contributed by atoms with Gasteiger partial charge in [0.2, 0.25) is 0 Å². The molecule has 1 heterocycles. The predicted molar refractivity (Wildman–Crippen MR) is 234 cm³/mol. The number of phenols is 6. The quantitative estimate of drug-likeness (QED) is 0.0516. The van der Waals surface area contributed by atoms with Crippen LogP contribution in [0.25, 0.3) is 55.3 Å². The van der Waals surface area contributed by atoms with Crippen LogP contribution in [0.4, 0.5) is 17.1 Å². The van der Waals surface area contributed by atoms with E-state index >= 15 is 0 Å². The summed E-state index contributed by atoms with van der Waals surface area (Å²) >= 11 is 0. The summed E-state index contributed by atoms with van der Waals surface area (Å²) in [6, 6.07) is 40.8. The standard InChI is InChI=1S/C50H42N2O6/c1-5-6-16-29(2)41-45(53)30(3)43(49(57)47(41)55)51(44-31(4)46(54)42(48(56)50(44)58)33-17-8-7-9-18-33)34-27-25-32(26-28-34)35-19-10-13-22-38(35)52-39-23-14-11-20-36(39)37-21-12-15-24-40(37)52/h5-28,53-58H,1-4H3/b6-5-,29-16+. The van der Waals surface area contributed by atoms with Gasteiger partial charge in [-0.2, -0.15) is 0 Å². The second kappa shape index (κ2) is 14.8. The molecule has 58 heavy (non-hydrogen) atoms. The van der Waals surface area contributed by atoms with E-state index in [1.165, 1.54) is 4.90 Å². The monoisotopic (exact) mass is 766 g/mol. The summed E-state index contributed by atoms with van der Waals surface area (Å²) in [6.07, 6.45) is 5.26. The number of benzene rings is 7. The van der Waals surface area contributed by atoms with Crippen LogP contribution in [-0.2, 0) is 0 Å². The molecule has 0 aliphatic carbocycles. The van der Waals surface area contributed by atoms with Gasteiger partial charge in [0.15, 0.2) is 23.0 Å². The molecule has 0 saturated carbocycles. The van der Waals surface area contributed by atoms with Crippen molar-refractivity contribution in [2.45, 2.75) is 27.7 Å². The lowest BCUT2D eigenvalue weighted by Crippen LogP contribution is -2.14. The molecular formula is C50H42N2O6. The average Bonchev–Trinajstić information content (AvgIpc) is 3.58. The summed E-state index contributed by atoms with van der Waals surface area (Å²) in [5.41, 5.74) is 6.52. The fourth-order valence-electron chi connectivity index (χ4n) is 8.02. The first-order chi connectivity index (χ1) is 28.0. The molecule has 0 aliphatic heterocycles. The largest absolute Gasteiger partial charge is 0.507 e. The van der Waals surface area contributed by atoms with Crippen molar-refractivity contribution >= 4 is 44.4 Å². The number of aromatic nitrogens is 1. The van der Waals surface area contributed by atoms with E-state index < -0.39 is 23.0 Å². The molecule has 0 aliphatic rings. The zero-order valence-electron chi connectivity index (χ0n) is 32.4. The molecule has 0 bridgehead atoms. The molecule has 0 fully saturated rings. The number of hydrogen-bond donors (Lipinski definition) is 6. The minimum Gasteiger partial charge on any atom is -0.507 e. The highest BCUT2D eigenvalue weighted by Gasteiger charge is 2.33. The van der Waals surface area contributed by atoms with Crippen molar-refractivity contribution in [3.8, 4) is 62.4 Å². The number of rotatable bonds is 8. The Morgan fingerprint density at radius 1 is 0.534 bits per heavy atom. The zero-order valence-corrected chi connectivity index (χ0v) is 32.4. The highest BCUT2D eigenvalue weighted by atomic mass is 16.3. The third-order valence-electron chi connectivity index (χ3n) is 10.9. The maximum atomic E-state index is 11.9. The topological polar surface area (TPSA) is 130 Å². The van der Waals surface area contributed by atoms with Crippen LogP contribution in [-0.4, -0.2) is 35.2 Å². The van der Waals surface area contributed by atoms with Crippen molar-refractivity contribution in [1.29, 1.82) is 0 Å². The van der Waals surface area contributed by atoms with Crippen LogP contribution in [0.1, 0.15) is 30.5 Å². The molecule has 0 amide bonds. The van der Waals surface area contributed by atoms with Crippen molar-refractivity contribution in [2.24, 2.45) is 0 Å². The van der Waals surface area contributed by atoms with Crippen LogP contribution in [0.5, 0.6) is 34.5 Å². The first-order valence-electron chi connectivity index (χ1n) is 18.9. The molecule has 1 aromatic heterocycles. The number of aromatic hydroxyl groups is 6. The number of nitrogens with zero attached hydrogens (tertiary/aromatic N) is 2. The van der Waals surface area contributed by atoms with Crippen molar-refractivity contribution in [2.75, 3.05) is 4.90 Å². The van der Waals surface area contributed by atoms with Gasteiger partial charge in [0.1, 0.15) is 11.5 Å². The molecule has 8 rings (SSSR count). The maximum Gasteiger partial charge on any atom is 0.183 e. The molecular weight excluding hydrogens is 725 g/mol. The highest BCUT2D eigenvalue weighted by molar-refractivity contribution is 6.09. The molecule has 0 saturated heterocycles. The van der Waals surface area contributed by atoms with Gasteiger partial charge in [-0.25, -0.2) is 0 Å². The van der Waals surface area contributed by atoms with Crippen molar-refractivity contribution in [3.05, 3.63) is 162 Å². The molecule has 0 radical (unpaired) electrons. The lowest BCUT2D eigenvalue weighted by Gasteiger charge is -2.32. The second-order valence-corrected chi connectivity index (χ2v) is 14.3. The normalized spacial score (nSPS) is 11.9. The third-order valence-corrected chi connectivity index (χ3v) is 10.9. The fraction of sp³-hybridized carbons (Fsp3) is 0.0800.